The second kappa shape index (κ2) is 4.31. The Bertz CT molecular complexity index is 390. The molecular formula is C11H15N3O. The molecule has 4 nitrogen and oxygen atoms in total. The van der Waals surface area contributed by atoms with Crippen LogP contribution in [0.25, 0.3) is 0 Å². The van der Waals surface area contributed by atoms with E-state index in [0.717, 1.165) is 36.1 Å². The summed E-state index contributed by atoms with van der Waals surface area (Å²) in [5.41, 5.74) is 1.09. The van der Waals surface area contributed by atoms with Crippen molar-refractivity contribution in [3.63, 3.8) is 0 Å². The van der Waals surface area contributed by atoms with Gasteiger partial charge in [-0.2, -0.15) is 0 Å². The second-order valence-electron chi connectivity index (χ2n) is 3.61. The lowest BCUT2D eigenvalue weighted by Gasteiger charge is -1.99. The number of aromatic amines is 1. The Balaban J connectivity index is 1.80. The molecule has 0 bridgehead atoms. The summed E-state index contributed by atoms with van der Waals surface area (Å²) in [5, 5.41) is 3.28. The molecular weight excluding hydrogens is 190 g/mol. The minimum atomic E-state index is 0.742. The van der Waals surface area contributed by atoms with Crippen LogP contribution in [0.1, 0.15) is 23.0 Å². The molecule has 0 aromatic carbocycles. The lowest BCUT2D eigenvalue weighted by molar-refractivity contribution is 0.461. The van der Waals surface area contributed by atoms with Gasteiger partial charge in [-0.25, -0.2) is 4.98 Å². The van der Waals surface area contributed by atoms with E-state index in [9.17, 15) is 0 Å². The van der Waals surface area contributed by atoms with Gasteiger partial charge in [0, 0.05) is 18.4 Å². The van der Waals surface area contributed by atoms with Gasteiger partial charge in [0.05, 0.1) is 6.54 Å². The Kier molecular flexibility index (Phi) is 2.87. The van der Waals surface area contributed by atoms with Crippen molar-refractivity contribution < 1.29 is 4.42 Å². The Morgan fingerprint density at radius 3 is 2.80 bits per heavy atom. The average molecular weight is 205 g/mol. The Labute approximate surface area is 88.7 Å². The first-order chi connectivity index (χ1) is 7.24. The van der Waals surface area contributed by atoms with Crippen LogP contribution in [0.5, 0.6) is 0 Å². The summed E-state index contributed by atoms with van der Waals surface area (Å²) in [7, 11) is 0. The van der Waals surface area contributed by atoms with Crippen LogP contribution in [0, 0.1) is 13.8 Å². The van der Waals surface area contributed by atoms with Gasteiger partial charge in [0.2, 0.25) is 0 Å². The van der Waals surface area contributed by atoms with E-state index in [2.05, 4.69) is 15.3 Å². The topological polar surface area (TPSA) is 53.9 Å². The van der Waals surface area contributed by atoms with Gasteiger partial charge in [0.15, 0.2) is 0 Å². The highest BCUT2D eigenvalue weighted by atomic mass is 16.3. The van der Waals surface area contributed by atoms with Crippen molar-refractivity contribution in [1.82, 2.24) is 15.3 Å². The second-order valence-corrected chi connectivity index (χ2v) is 3.61. The Morgan fingerprint density at radius 2 is 2.20 bits per heavy atom. The highest BCUT2D eigenvalue weighted by molar-refractivity contribution is 5.05. The molecule has 0 atom stereocenters. The van der Waals surface area contributed by atoms with Crippen molar-refractivity contribution >= 4 is 0 Å². The Hall–Kier alpha value is -1.55. The minimum Gasteiger partial charge on any atom is -0.465 e. The molecule has 0 saturated carbocycles. The van der Waals surface area contributed by atoms with E-state index in [1.807, 2.05) is 32.2 Å². The number of hydrogen-bond acceptors (Lipinski definition) is 3. The monoisotopic (exact) mass is 205 g/mol. The van der Waals surface area contributed by atoms with Crippen LogP contribution in [0.15, 0.2) is 22.7 Å². The van der Waals surface area contributed by atoms with Gasteiger partial charge in [-0.1, -0.05) is 0 Å². The third-order valence-corrected chi connectivity index (χ3v) is 2.17. The van der Waals surface area contributed by atoms with Crippen molar-refractivity contribution in [3.8, 4) is 0 Å². The van der Waals surface area contributed by atoms with Crippen molar-refractivity contribution in [2.75, 3.05) is 0 Å². The maximum Gasteiger partial charge on any atom is 0.117 e. The number of rotatable bonds is 4. The summed E-state index contributed by atoms with van der Waals surface area (Å²) in [5.74, 6) is 2.86. The first kappa shape index (κ1) is 9.98. The fourth-order valence-electron chi connectivity index (χ4n) is 1.46. The number of aromatic nitrogens is 2. The van der Waals surface area contributed by atoms with E-state index in [1.54, 1.807) is 0 Å². The van der Waals surface area contributed by atoms with Gasteiger partial charge in [0.1, 0.15) is 17.3 Å². The lowest BCUT2D eigenvalue weighted by atomic mass is 10.4. The maximum atomic E-state index is 5.44. The summed E-state index contributed by atoms with van der Waals surface area (Å²) in [4.78, 5) is 7.29. The number of imidazole rings is 1. The van der Waals surface area contributed by atoms with E-state index >= 15 is 0 Å². The molecule has 0 amide bonds. The SMILES string of the molecule is Cc1ncc(CNCc2ccc(C)o2)[nH]1. The van der Waals surface area contributed by atoms with Crippen LogP contribution in [-0.2, 0) is 13.1 Å². The van der Waals surface area contributed by atoms with Gasteiger partial charge >= 0.3 is 0 Å². The Morgan fingerprint density at radius 1 is 1.33 bits per heavy atom. The van der Waals surface area contributed by atoms with Gasteiger partial charge in [-0.3, -0.25) is 0 Å². The van der Waals surface area contributed by atoms with Crippen molar-refractivity contribution in [3.05, 3.63) is 41.4 Å². The number of hydrogen-bond donors (Lipinski definition) is 2. The van der Waals surface area contributed by atoms with Gasteiger partial charge in [-0.15, -0.1) is 0 Å². The van der Waals surface area contributed by atoms with Crippen LogP contribution in [-0.4, -0.2) is 9.97 Å². The van der Waals surface area contributed by atoms with E-state index < -0.39 is 0 Å². The van der Waals surface area contributed by atoms with Gasteiger partial charge in [-0.05, 0) is 26.0 Å². The quantitative estimate of drug-likeness (QED) is 0.801. The summed E-state index contributed by atoms with van der Waals surface area (Å²) in [6, 6.07) is 3.96. The zero-order chi connectivity index (χ0) is 10.7. The third-order valence-electron chi connectivity index (χ3n) is 2.17. The predicted octanol–water partition coefficient (Wildman–Crippen LogP) is 1.91. The highest BCUT2D eigenvalue weighted by Gasteiger charge is 1.99. The summed E-state index contributed by atoms with van der Waals surface area (Å²) >= 11 is 0. The minimum absolute atomic E-state index is 0.742. The molecule has 0 unspecified atom stereocenters. The van der Waals surface area contributed by atoms with Crippen LogP contribution < -0.4 is 5.32 Å². The number of nitrogens with one attached hydrogen (secondary N) is 2. The molecule has 0 saturated heterocycles. The molecule has 2 heterocycles. The third kappa shape index (κ3) is 2.70. The zero-order valence-corrected chi connectivity index (χ0v) is 9.00. The highest BCUT2D eigenvalue weighted by Crippen LogP contribution is 2.05. The average Bonchev–Trinajstić information content (AvgIpc) is 2.76. The van der Waals surface area contributed by atoms with E-state index in [4.69, 9.17) is 4.42 Å². The molecule has 2 rings (SSSR count). The molecule has 2 aromatic rings. The number of aryl methyl sites for hydroxylation is 2. The van der Waals surface area contributed by atoms with Crippen LogP contribution >= 0.6 is 0 Å². The molecule has 0 aliphatic rings. The first-order valence-corrected chi connectivity index (χ1v) is 5.00. The van der Waals surface area contributed by atoms with Crippen molar-refractivity contribution in [1.29, 1.82) is 0 Å². The zero-order valence-electron chi connectivity index (χ0n) is 9.00. The number of nitrogens with zero attached hydrogens (tertiary/aromatic N) is 1. The molecule has 2 N–H and O–H groups in total. The summed E-state index contributed by atoms with van der Waals surface area (Å²) in [6.07, 6.45) is 1.84. The van der Waals surface area contributed by atoms with E-state index in [0.29, 0.717) is 0 Å². The fourth-order valence-corrected chi connectivity index (χ4v) is 1.46. The normalized spacial score (nSPS) is 10.8. The van der Waals surface area contributed by atoms with Crippen molar-refractivity contribution in [2.24, 2.45) is 0 Å². The molecule has 4 heteroatoms. The van der Waals surface area contributed by atoms with Crippen LogP contribution in [0.2, 0.25) is 0 Å². The van der Waals surface area contributed by atoms with Gasteiger partial charge < -0.3 is 14.7 Å². The van der Waals surface area contributed by atoms with Crippen LogP contribution in [0.4, 0.5) is 0 Å². The molecule has 0 aliphatic carbocycles. The molecule has 0 aliphatic heterocycles. The summed E-state index contributed by atoms with van der Waals surface area (Å²) in [6.45, 7) is 5.41. The largest absolute Gasteiger partial charge is 0.465 e. The number of H-pyrrole nitrogens is 1. The molecule has 0 radical (unpaired) electrons. The molecule has 2 aromatic heterocycles. The maximum absolute atomic E-state index is 5.44. The van der Waals surface area contributed by atoms with E-state index in [-0.39, 0.29) is 0 Å². The van der Waals surface area contributed by atoms with Crippen molar-refractivity contribution in [2.45, 2.75) is 26.9 Å². The smallest absolute Gasteiger partial charge is 0.117 e. The number of furan rings is 1. The van der Waals surface area contributed by atoms with Crippen LogP contribution in [0.3, 0.4) is 0 Å². The summed E-state index contributed by atoms with van der Waals surface area (Å²) < 4.78 is 5.44. The molecule has 0 spiro atoms. The molecule has 80 valence electrons. The first-order valence-electron chi connectivity index (χ1n) is 5.00. The standard InChI is InChI=1S/C11H15N3O/c1-8-3-4-11(15-8)7-12-5-10-6-13-9(2)14-10/h3-4,6,12H,5,7H2,1-2H3,(H,13,14). The fraction of sp³-hybridized carbons (Fsp3) is 0.364. The molecule has 15 heavy (non-hydrogen) atoms. The lowest BCUT2D eigenvalue weighted by Crippen LogP contribution is -2.12. The predicted molar refractivity (Wildman–Crippen MR) is 57.3 cm³/mol. The molecule has 0 fully saturated rings. The van der Waals surface area contributed by atoms with E-state index in [1.165, 1.54) is 0 Å². The van der Waals surface area contributed by atoms with Gasteiger partial charge in [0.25, 0.3) is 0 Å².